The van der Waals surface area contributed by atoms with Crippen molar-refractivity contribution >= 4 is 65.4 Å². The number of benzene rings is 8. The molecule has 0 saturated carbocycles. The van der Waals surface area contributed by atoms with E-state index in [2.05, 4.69) is 159 Å². The van der Waals surface area contributed by atoms with Crippen LogP contribution in [0.1, 0.15) is 33.4 Å². The van der Waals surface area contributed by atoms with Crippen LogP contribution in [0.5, 0.6) is 0 Å². The average Bonchev–Trinajstić information content (AvgIpc) is 4.03. The van der Waals surface area contributed by atoms with E-state index in [1.165, 1.54) is 76.8 Å². The van der Waals surface area contributed by atoms with Crippen LogP contribution in [0.25, 0.3) is 110 Å². The summed E-state index contributed by atoms with van der Waals surface area (Å²) in [5.74, 6) is 0. The molecule has 6 heterocycles. The third-order valence-electron chi connectivity index (χ3n) is 13.7. The second-order valence-corrected chi connectivity index (χ2v) is 19.3. The van der Waals surface area contributed by atoms with E-state index in [0.29, 0.717) is 0 Å². The van der Waals surface area contributed by atoms with Crippen molar-refractivity contribution in [1.82, 2.24) is 29.9 Å². The van der Waals surface area contributed by atoms with Crippen molar-refractivity contribution < 1.29 is 42.1 Å². The zero-order chi connectivity index (χ0) is 52.1. The zero-order valence-corrected chi connectivity index (χ0v) is 48.6. The van der Waals surface area contributed by atoms with Gasteiger partial charge in [0, 0.05) is 12.4 Å². The monoisotopic (exact) mass is 1370 g/mol. The van der Waals surface area contributed by atoms with Gasteiger partial charge in [-0.25, -0.2) is 0 Å². The molecule has 78 heavy (non-hydrogen) atoms. The van der Waals surface area contributed by atoms with Crippen LogP contribution in [0, 0.1) is 53.7 Å². The molecular formula is C70H54N6Pt2. The molecule has 0 aliphatic rings. The summed E-state index contributed by atoms with van der Waals surface area (Å²) in [7, 11) is 0. The Hall–Kier alpha value is -8.14. The molecular weight excluding hydrogens is 1310 g/mol. The molecule has 0 N–H and O–H groups in total. The fourth-order valence-corrected chi connectivity index (χ4v) is 10.5. The van der Waals surface area contributed by atoms with Crippen molar-refractivity contribution in [3.63, 3.8) is 0 Å². The third-order valence-corrected chi connectivity index (χ3v) is 13.7. The first-order chi connectivity index (χ1) is 37.2. The Labute approximate surface area is 484 Å². The Morgan fingerprint density at radius 2 is 0.705 bits per heavy atom. The molecule has 0 amide bonds. The van der Waals surface area contributed by atoms with Crippen molar-refractivity contribution in [2.45, 2.75) is 41.5 Å². The van der Waals surface area contributed by atoms with Gasteiger partial charge in [-0.05, 0) is 164 Å². The Balaban J connectivity index is 0.000000127. The molecule has 0 unspecified atom stereocenters. The second-order valence-electron chi connectivity index (χ2n) is 19.3. The van der Waals surface area contributed by atoms with Crippen molar-refractivity contribution in [3.05, 3.63) is 264 Å². The standard InChI is InChI=1S/2C20H17N2.2C15H10N.2Pt/c2*1-12-10-13(2)19(14(3)11-12)18-9-8-16-15-6-4-5-7-17(15)21-20(16)22-18;2*1-2-7-13(8-3-1)15-14-9-5-4-6-12(14)10-11-16-15;;/h2*4-11H,1-3H3;2*1-7,9-11H;;/q4*-1;2*+2. The van der Waals surface area contributed by atoms with E-state index < -0.39 is 0 Å². The number of fused-ring (bicyclic) bond motifs is 8. The van der Waals surface area contributed by atoms with E-state index in [-0.39, 0.29) is 42.1 Å². The van der Waals surface area contributed by atoms with Gasteiger partial charge in [0.2, 0.25) is 0 Å². The fraction of sp³-hybridized carbons (Fsp3) is 0.0857. The molecule has 0 atom stereocenters. The molecule has 0 aliphatic carbocycles. The number of aromatic nitrogens is 6. The molecule has 14 rings (SSSR count). The van der Waals surface area contributed by atoms with E-state index in [4.69, 9.17) is 9.97 Å². The zero-order valence-electron chi connectivity index (χ0n) is 44.1. The molecule has 6 aromatic heterocycles. The molecule has 8 heteroatoms. The fourth-order valence-electron chi connectivity index (χ4n) is 10.5. The summed E-state index contributed by atoms with van der Waals surface area (Å²) in [6.45, 7) is 12.9. The first kappa shape index (κ1) is 54.6. The summed E-state index contributed by atoms with van der Waals surface area (Å²) in [4.78, 5) is 27.9. The average molecular weight is 1370 g/mol. The maximum Gasteiger partial charge on any atom is 2.00 e. The second kappa shape index (κ2) is 24.5. The number of para-hydroxylation sites is 2. The van der Waals surface area contributed by atoms with Crippen LogP contribution in [-0.4, -0.2) is 19.9 Å². The third kappa shape index (κ3) is 11.6. The van der Waals surface area contributed by atoms with Gasteiger partial charge in [0.1, 0.15) is 0 Å². The van der Waals surface area contributed by atoms with Crippen LogP contribution in [0.4, 0.5) is 0 Å². The number of hydrogen-bond acceptors (Lipinski definition) is 4. The molecule has 0 saturated heterocycles. The number of rotatable bonds is 4. The Bertz CT molecular complexity index is 4040. The van der Waals surface area contributed by atoms with E-state index in [9.17, 15) is 0 Å². The van der Waals surface area contributed by atoms with Gasteiger partial charge in [-0.15, -0.1) is 71.8 Å². The largest absolute Gasteiger partial charge is 2.00 e. The summed E-state index contributed by atoms with van der Waals surface area (Å²) >= 11 is 0. The number of nitrogens with zero attached hydrogens (tertiary/aromatic N) is 6. The van der Waals surface area contributed by atoms with Gasteiger partial charge in [-0.3, -0.25) is 0 Å². The van der Waals surface area contributed by atoms with Crippen LogP contribution >= 0.6 is 0 Å². The molecule has 0 spiro atoms. The quantitative estimate of drug-likeness (QED) is 0.163. The predicted octanol–water partition coefficient (Wildman–Crippen LogP) is 17.3. The van der Waals surface area contributed by atoms with E-state index in [1.54, 1.807) is 0 Å². The van der Waals surface area contributed by atoms with Gasteiger partial charge in [0.15, 0.2) is 0 Å². The Morgan fingerprint density at radius 1 is 0.346 bits per heavy atom. The Morgan fingerprint density at radius 3 is 1.09 bits per heavy atom. The minimum Gasteiger partial charge on any atom is -0.435 e. The summed E-state index contributed by atoms with van der Waals surface area (Å²) < 4.78 is 0. The van der Waals surface area contributed by atoms with Crippen molar-refractivity contribution in [2.24, 2.45) is 0 Å². The normalized spacial score (nSPS) is 10.7. The number of pyridine rings is 4. The van der Waals surface area contributed by atoms with Crippen molar-refractivity contribution in [2.75, 3.05) is 0 Å². The molecule has 0 radical (unpaired) electrons. The smallest absolute Gasteiger partial charge is 0.435 e. The summed E-state index contributed by atoms with van der Waals surface area (Å²) in [6, 6.07) is 76.7. The molecule has 384 valence electrons. The van der Waals surface area contributed by atoms with Gasteiger partial charge < -0.3 is 29.9 Å². The topological polar surface area (TPSA) is 79.8 Å². The summed E-state index contributed by atoms with van der Waals surface area (Å²) in [5, 5.41) is 9.38. The summed E-state index contributed by atoms with van der Waals surface area (Å²) in [6.07, 6.45) is 3.69. The van der Waals surface area contributed by atoms with Gasteiger partial charge in [-0.1, -0.05) is 168 Å². The van der Waals surface area contributed by atoms with Crippen LogP contribution < -0.4 is 9.97 Å². The maximum atomic E-state index is 4.82. The molecule has 0 fully saturated rings. The first-order valence-electron chi connectivity index (χ1n) is 25.6. The molecule has 8 aromatic carbocycles. The van der Waals surface area contributed by atoms with Gasteiger partial charge in [0.25, 0.3) is 0 Å². The van der Waals surface area contributed by atoms with E-state index in [0.717, 1.165) is 67.0 Å². The van der Waals surface area contributed by atoms with Crippen LogP contribution in [0.2, 0.25) is 0 Å². The Kier molecular flexibility index (Phi) is 17.1. The van der Waals surface area contributed by atoms with Gasteiger partial charge >= 0.3 is 42.1 Å². The molecule has 6 nitrogen and oxygen atoms in total. The van der Waals surface area contributed by atoms with E-state index >= 15 is 0 Å². The van der Waals surface area contributed by atoms with Crippen LogP contribution in [0.15, 0.2) is 219 Å². The van der Waals surface area contributed by atoms with Crippen LogP contribution in [0.3, 0.4) is 0 Å². The minimum atomic E-state index is 0. The maximum absolute atomic E-state index is 4.82. The predicted molar refractivity (Wildman–Crippen MR) is 316 cm³/mol. The number of aryl methyl sites for hydroxylation is 6. The minimum absolute atomic E-state index is 0. The van der Waals surface area contributed by atoms with Crippen molar-refractivity contribution in [3.8, 4) is 45.0 Å². The molecule has 0 aliphatic heterocycles. The van der Waals surface area contributed by atoms with Gasteiger partial charge in [0.05, 0.1) is 0 Å². The number of hydrogen-bond donors (Lipinski definition) is 0. The van der Waals surface area contributed by atoms with E-state index in [1.807, 2.05) is 134 Å². The molecule has 0 bridgehead atoms. The van der Waals surface area contributed by atoms with Crippen molar-refractivity contribution in [1.29, 1.82) is 0 Å². The SMILES string of the molecule is Cc1cc(C)c(-c2ccc3c(n2)[n-]c2ccccc23)c(C)c1.Cc1cc(C)c(-c2ccc3c(n2)[n-]c2ccccc23)c(C)c1.[Pt+2].[Pt+2].[c-]1ccccc1-c1nccc2ccccc12.[c-]1ccccc1-c1nccc2ccccc12. The van der Waals surface area contributed by atoms with Crippen LogP contribution in [-0.2, 0) is 42.1 Å². The first-order valence-corrected chi connectivity index (χ1v) is 25.6. The van der Waals surface area contributed by atoms with Gasteiger partial charge in [-0.2, -0.15) is 0 Å². The molecule has 14 aromatic rings. The summed E-state index contributed by atoms with van der Waals surface area (Å²) in [5.41, 5.74) is 19.9.